The van der Waals surface area contributed by atoms with Gasteiger partial charge in [-0.1, -0.05) is 0 Å². The number of aliphatic hydroxyl groups is 1. The summed E-state index contributed by atoms with van der Waals surface area (Å²) in [5.74, 6) is -0.286. The lowest BCUT2D eigenvalue weighted by Gasteiger charge is -2.11. The molecule has 7 heteroatoms. The van der Waals surface area contributed by atoms with Crippen LogP contribution in [-0.4, -0.2) is 49.0 Å². The Morgan fingerprint density at radius 2 is 2.27 bits per heavy atom. The summed E-state index contributed by atoms with van der Waals surface area (Å²) in [6.07, 6.45) is 1.66. The zero-order valence-corrected chi connectivity index (χ0v) is 12.4. The highest BCUT2D eigenvalue weighted by Gasteiger charge is 2.08. The average molecular weight is 309 g/mol. The summed E-state index contributed by atoms with van der Waals surface area (Å²) >= 11 is 0. The van der Waals surface area contributed by atoms with E-state index in [0.717, 1.165) is 16.5 Å². The van der Waals surface area contributed by atoms with Crippen molar-refractivity contribution in [3.8, 4) is 0 Å². The Hall–Kier alpha value is -2.12. The predicted octanol–water partition coefficient (Wildman–Crippen LogP) is 1.16. The van der Waals surface area contributed by atoms with Crippen LogP contribution in [0.15, 0.2) is 24.4 Å². The molecule has 2 amide bonds. The second kappa shape index (κ2) is 7.77. The summed E-state index contributed by atoms with van der Waals surface area (Å²) in [7, 11) is 1.48. The van der Waals surface area contributed by atoms with Crippen LogP contribution in [0.3, 0.4) is 0 Å². The fourth-order valence-corrected chi connectivity index (χ4v) is 2.19. The van der Waals surface area contributed by atoms with E-state index in [9.17, 15) is 14.3 Å². The van der Waals surface area contributed by atoms with Gasteiger partial charge in [-0.25, -0.2) is 9.18 Å². The topological polar surface area (TPSA) is 86.4 Å². The summed E-state index contributed by atoms with van der Waals surface area (Å²) in [5, 5.41) is 15.5. The first-order valence-electron chi connectivity index (χ1n) is 7.04. The smallest absolute Gasteiger partial charge is 0.314 e. The SMILES string of the molecule is COCC(O)CNC(=O)NCCc1c[nH]c2ccc(F)cc12. The lowest BCUT2D eigenvalue weighted by molar-refractivity contribution is 0.0660. The first-order chi connectivity index (χ1) is 10.6. The van der Waals surface area contributed by atoms with Gasteiger partial charge in [-0.15, -0.1) is 0 Å². The number of rotatable bonds is 7. The summed E-state index contributed by atoms with van der Waals surface area (Å²) < 4.78 is 18.0. The molecular weight excluding hydrogens is 289 g/mol. The third kappa shape index (κ3) is 4.44. The fourth-order valence-electron chi connectivity index (χ4n) is 2.19. The van der Waals surface area contributed by atoms with Crippen molar-refractivity contribution in [2.45, 2.75) is 12.5 Å². The second-order valence-corrected chi connectivity index (χ2v) is 5.00. The number of methoxy groups -OCH3 is 1. The van der Waals surface area contributed by atoms with Crippen LogP contribution in [-0.2, 0) is 11.2 Å². The molecule has 22 heavy (non-hydrogen) atoms. The van der Waals surface area contributed by atoms with Crippen molar-refractivity contribution in [2.75, 3.05) is 26.8 Å². The number of carbonyl (C=O) groups is 1. The molecule has 1 unspecified atom stereocenters. The Kier molecular flexibility index (Phi) is 5.74. The number of aromatic amines is 1. The van der Waals surface area contributed by atoms with Gasteiger partial charge in [-0.3, -0.25) is 0 Å². The molecule has 0 bridgehead atoms. The van der Waals surface area contributed by atoms with E-state index in [2.05, 4.69) is 15.6 Å². The van der Waals surface area contributed by atoms with Crippen LogP contribution in [0.4, 0.5) is 9.18 Å². The average Bonchev–Trinajstić information content (AvgIpc) is 2.88. The standard InChI is InChI=1S/C15H20FN3O3/c1-22-9-12(20)8-19-15(21)17-5-4-10-7-18-14-3-2-11(16)6-13(10)14/h2-3,6-7,12,18,20H,4-5,8-9H2,1H3,(H2,17,19,21). The van der Waals surface area contributed by atoms with Gasteiger partial charge in [-0.2, -0.15) is 0 Å². The zero-order valence-electron chi connectivity index (χ0n) is 12.4. The molecule has 6 nitrogen and oxygen atoms in total. The maximum absolute atomic E-state index is 13.3. The van der Waals surface area contributed by atoms with Gasteiger partial charge < -0.3 is 25.5 Å². The number of benzene rings is 1. The molecular formula is C15H20FN3O3. The molecule has 120 valence electrons. The van der Waals surface area contributed by atoms with Crippen LogP contribution < -0.4 is 10.6 Å². The molecule has 1 atom stereocenters. The summed E-state index contributed by atoms with van der Waals surface area (Å²) in [4.78, 5) is 14.6. The first kappa shape index (κ1) is 16.3. The molecule has 0 radical (unpaired) electrons. The molecule has 0 saturated carbocycles. The van der Waals surface area contributed by atoms with Crippen LogP contribution in [0, 0.1) is 5.82 Å². The van der Waals surface area contributed by atoms with Gasteiger partial charge in [0.05, 0.1) is 12.7 Å². The maximum Gasteiger partial charge on any atom is 0.314 e. The summed E-state index contributed by atoms with van der Waals surface area (Å²) in [6, 6.07) is 4.20. The minimum atomic E-state index is -0.729. The highest BCUT2D eigenvalue weighted by atomic mass is 19.1. The van der Waals surface area contributed by atoms with Crippen LogP contribution in [0.25, 0.3) is 10.9 Å². The van der Waals surface area contributed by atoms with Gasteiger partial charge in [0, 0.05) is 37.3 Å². The van der Waals surface area contributed by atoms with Crippen molar-refractivity contribution in [1.29, 1.82) is 0 Å². The number of nitrogens with one attached hydrogen (secondary N) is 3. The van der Waals surface area contributed by atoms with Crippen LogP contribution >= 0.6 is 0 Å². The Bertz CT molecular complexity index is 630. The second-order valence-electron chi connectivity index (χ2n) is 5.00. The van der Waals surface area contributed by atoms with E-state index in [4.69, 9.17) is 4.74 Å². The van der Waals surface area contributed by atoms with Gasteiger partial charge in [0.1, 0.15) is 5.82 Å². The zero-order chi connectivity index (χ0) is 15.9. The Morgan fingerprint density at radius 1 is 1.45 bits per heavy atom. The number of halogens is 1. The molecule has 0 saturated heterocycles. The number of carbonyl (C=O) groups excluding carboxylic acids is 1. The van der Waals surface area contributed by atoms with Crippen molar-refractivity contribution in [3.05, 3.63) is 35.8 Å². The van der Waals surface area contributed by atoms with Gasteiger partial charge in [-0.05, 0) is 30.2 Å². The lowest BCUT2D eigenvalue weighted by atomic mass is 10.1. The third-order valence-corrected chi connectivity index (χ3v) is 3.27. The van der Waals surface area contributed by atoms with E-state index in [1.807, 2.05) is 6.20 Å². The highest BCUT2D eigenvalue weighted by molar-refractivity contribution is 5.83. The monoisotopic (exact) mass is 309 g/mol. The van der Waals surface area contributed by atoms with E-state index in [-0.39, 0.29) is 25.0 Å². The van der Waals surface area contributed by atoms with Crippen molar-refractivity contribution < 1.29 is 19.0 Å². The van der Waals surface area contributed by atoms with E-state index < -0.39 is 6.10 Å². The number of aromatic nitrogens is 1. The van der Waals surface area contributed by atoms with Gasteiger partial charge in [0.25, 0.3) is 0 Å². The molecule has 2 rings (SSSR count). The normalized spacial score (nSPS) is 12.3. The van der Waals surface area contributed by atoms with E-state index in [1.54, 1.807) is 6.07 Å². The molecule has 2 aromatic rings. The quantitative estimate of drug-likeness (QED) is 0.619. The minimum Gasteiger partial charge on any atom is -0.389 e. The van der Waals surface area contributed by atoms with Crippen molar-refractivity contribution in [3.63, 3.8) is 0 Å². The molecule has 0 fully saturated rings. The molecule has 1 heterocycles. The predicted molar refractivity (Wildman–Crippen MR) is 81.2 cm³/mol. The van der Waals surface area contributed by atoms with Crippen LogP contribution in [0.2, 0.25) is 0 Å². The maximum atomic E-state index is 13.3. The summed E-state index contributed by atoms with van der Waals surface area (Å²) in [5.41, 5.74) is 1.80. The molecule has 0 aliphatic carbocycles. The van der Waals surface area contributed by atoms with Gasteiger partial charge in [0.15, 0.2) is 0 Å². The van der Waals surface area contributed by atoms with E-state index in [1.165, 1.54) is 19.2 Å². The van der Waals surface area contributed by atoms with E-state index >= 15 is 0 Å². The fraction of sp³-hybridized carbons (Fsp3) is 0.400. The van der Waals surface area contributed by atoms with Crippen molar-refractivity contribution in [2.24, 2.45) is 0 Å². The van der Waals surface area contributed by atoms with Crippen LogP contribution in [0.1, 0.15) is 5.56 Å². The molecule has 1 aromatic carbocycles. The van der Waals surface area contributed by atoms with Crippen molar-refractivity contribution >= 4 is 16.9 Å². The molecule has 0 aliphatic heterocycles. The third-order valence-electron chi connectivity index (χ3n) is 3.27. The minimum absolute atomic E-state index is 0.123. The number of fused-ring (bicyclic) bond motifs is 1. The molecule has 0 aliphatic rings. The lowest BCUT2D eigenvalue weighted by Crippen LogP contribution is -2.41. The van der Waals surface area contributed by atoms with Gasteiger partial charge in [0.2, 0.25) is 0 Å². The Balaban J connectivity index is 1.78. The van der Waals surface area contributed by atoms with Crippen LogP contribution in [0.5, 0.6) is 0 Å². The Labute approximate surface area is 127 Å². The highest BCUT2D eigenvalue weighted by Crippen LogP contribution is 2.19. The number of ether oxygens (including phenoxy) is 1. The number of amides is 2. The van der Waals surface area contributed by atoms with Crippen molar-refractivity contribution in [1.82, 2.24) is 15.6 Å². The summed E-state index contributed by atoms with van der Waals surface area (Å²) in [6.45, 7) is 0.703. The molecule has 0 spiro atoms. The molecule has 4 N–H and O–H groups in total. The first-order valence-corrected chi connectivity index (χ1v) is 7.04. The number of urea groups is 1. The number of hydrogen-bond acceptors (Lipinski definition) is 3. The van der Waals surface area contributed by atoms with Gasteiger partial charge >= 0.3 is 6.03 Å². The number of aliphatic hydroxyl groups excluding tert-OH is 1. The van der Waals surface area contributed by atoms with E-state index in [0.29, 0.717) is 13.0 Å². The number of hydrogen-bond donors (Lipinski definition) is 4. The number of H-pyrrole nitrogens is 1. The molecule has 1 aromatic heterocycles. The largest absolute Gasteiger partial charge is 0.389 e. The Morgan fingerprint density at radius 3 is 3.05 bits per heavy atom.